The van der Waals surface area contributed by atoms with E-state index in [0.717, 1.165) is 10.5 Å². The van der Waals surface area contributed by atoms with Crippen molar-refractivity contribution in [1.29, 1.82) is 0 Å². The second-order valence-corrected chi connectivity index (χ2v) is 6.33. The van der Waals surface area contributed by atoms with Gasteiger partial charge in [0.05, 0.1) is 26.1 Å². The average molecular weight is 332 g/mol. The number of carbonyl (C=O) groups excluding carboxylic acids is 3. The fourth-order valence-corrected chi connectivity index (χ4v) is 3.78. The highest BCUT2D eigenvalue weighted by Gasteiger charge is 2.66. The maximum Gasteiger partial charge on any atom is 0.326 e. The summed E-state index contributed by atoms with van der Waals surface area (Å²) in [5.41, 5.74) is -0.434. The molecule has 0 bridgehead atoms. The van der Waals surface area contributed by atoms with E-state index in [0.29, 0.717) is 5.75 Å². The van der Waals surface area contributed by atoms with Gasteiger partial charge in [0.25, 0.3) is 0 Å². The van der Waals surface area contributed by atoms with Gasteiger partial charge in [0.2, 0.25) is 11.8 Å². The maximum atomic E-state index is 12.6. The average Bonchev–Trinajstić information content (AvgIpc) is 3.04. The van der Waals surface area contributed by atoms with Crippen molar-refractivity contribution in [2.24, 2.45) is 11.8 Å². The minimum atomic E-state index is -1.25. The molecule has 2 heterocycles. The first-order valence-electron chi connectivity index (χ1n) is 7.66. The summed E-state index contributed by atoms with van der Waals surface area (Å²) in [6, 6.07) is 6.76. The van der Waals surface area contributed by atoms with Gasteiger partial charge in [-0.15, -0.1) is 0 Å². The van der Waals surface area contributed by atoms with Crippen LogP contribution in [-0.4, -0.2) is 49.5 Å². The quantitative estimate of drug-likeness (QED) is 0.641. The molecule has 128 valence electrons. The molecule has 2 aliphatic rings. The molecule has 2 aliphatic heterocycles. The standard InChI is InChI=1S/C17H20N2O5/c1-17(16(22)24-4)12-11(14(20)19(2)15(12)21)13(18-17)9-5-7-10(23-3)8-6-9/h5-8,11-13,18H,1-4H3/t11-,12+,13+,17+/m0/s1. The number of hydrogen-bond donors (Lipinski definition) is 1. The predicted octanol–water partition coefficient (Wildman–Crippen LogP) is 0.502. The summed E-state index contributed by atoms with van der Waals surface area (Å²) in [7, 11) is 4.29. The third kappa shape index (κ3) is 2.11. The van der Waals surface area contributed by atoms with Gasteiger partial charge in [-0.1, -0.05) is 12.1 Å². The molecule has 0 saturated carbocycles. The van der Waals surface area contributed by atoms with E-state index in [4.69, 9.17) is 9.47 Å². The zero-order chi connectivity index (χ0) is 17.6. The maximum absolute atomic E-state index is 12.6. The Kier molecular flexibility index (Phi) is 3.83. The van der Waals surface area contributed by atoms with Crippen molar-refractivity contribution in [2.75, 3.05) is 21.3 Å². The molecule has 24 heavy (non-hydrogen) atoms. The zero-order valence-corrected chi connectivity index (χ0v) is 14.0. The number of hydrogen-bond acceptors (Lipinski definition) is 6. The van der Waals surface area contributed by atoms with E-state index in [1.165, 1.54) is 14.2 Å². The number of nitrogens with one attached hydrogen (secondary N) is 1. The van der Waals surface area contributed by atoms with Crippen LogP contribution in [0.3, 0.4) is 0 Å². The number of likely N-dealkylation sites (tertiary alicyclic amines) is 1. The minimum Gasteiger partial charge on any atom is -0.497 e. The molecule has 0 unspecified atom stereocenters. The smallest absolute Gasteiger partial charge is 0.326 e. The van der Waals surface area contributed by atoms with Crippen molar-refractivity contribution in [3.05, 3.63) is 29.8 Å². The molecule has 2 amide bonds. The lowest BCUT2D eigenvalue weighted by atomic mass is 9.80. The highest BCUT2D eigenvalue weighted by Crippen LogP contribution is 2.48. The highest BCUT2D eigenvalue weighted by atomic mass is 16.5. The Balaban J connectivity index is 2.06. The summed E-state index contributed by atoms with van der Waals surface area (Å²) < 4.78 is 10.0. The number of ether oxygens (including phenoxy) is 2. The van der Waals surface area contributed by atoms with E-state index in [2.05, 4.69) is 5.32 Å². The summed E-state index contributed by atoms with van der Waals surface area (Å²) in [5.74, 6) is -1.93. The number of rotatable bonds is 3. The molecule has 2 saturated heterocycles. The van der Waals surface area contributed by atoms with Crippen LogP contribution >= 0.6 is 0 Å². The number of carbonyl (C=O) groups is 3. The number of benzene rings is 1. The third-order valence-electron chi connectivity index (χ3n) is 5.09. The Bertz CT molecular complexity index is 701. The summed E-state index contributed by atoms with van der Waals surface area (Å²) in [5, 5.41) is 3.17. The number of nitrogens with zero attached hydrogens (tertiary/aromatic N) is 1. The van der Waals surface area contributed by atoms with Gasteiger partial charge in [-0.05, 0) is 24.6 Å². The largest absolute Gasteiger partial charge is 0.497 e. The molecular weight excluding hydrogens is 312 g/mol. The molecule has 7 heteroatoms. The topological polar surface area (TPSA) is 84.9 Å². The van der Waals surface area contributed by atoms with Crippen LogP contribution in [0, 0.1) is 11.8 Å². The molecule has 0 radical (unpaired) electrons. The normalized spacial score (nSPS) is 32.0. The molecular formula is C17H20N2O5. The van der Waals surface area contributed by atoms with Crippen molar-refractivity contribution < 1.29 is 23.9 Å². The molecule has 1 aromatic rings. The number of esters is 1. The van der Waals surface area contributed by atoms with Crippen LogP contribution in [0.1, 0.15) is 18.5 Å². The number of methoxy groups -OCH3 is 2. The molecule has 4 atom stereocenters. The van der Waals surface area contributed by atoms with Gasteiger partial charge in [0, 0.05) is 13.1 Å². The SMILES string of the molecule is COC(=O)[C@]1(C)N[C@H](c2ccc(OC)cc2)[C@H]2C(=O)N(C)C(=O)[C@@H]21. The van der Waals surface area contributed by atoms with E-state index in [1.54, 1.807) is 26.2 Å². The van der Waals surface area contributed by atoms with E-state index >= 15 is 0 Å². The minimum absolute atomic E-state index is 0.286. The molecule has 0 aliphatic carbocycles. The lowest BCUT2D eigenvalue weighted by molar-refractivity contribution is -0.152. The predicted molar refractivity (Wildman–Crippen MR) is 84.0 cm³/mol. The molecule has 1 N–H and O–H groups in total. The van der Waals surface area contributed by atoms with Crippen molar-refractivity contribution in [3.63, 3.8) is 0 Å². The summed E-state index contributed by atoms with van der Waals surface area (Å²) in [6.07, 6.45) is 0. The van der Waals surface area contributed by atoms with Gasteiger partial charge < -0.3 is 9.47 Å². The lowest BCUT2D eigenvalue weighted by Gasteiger charge is -2.27. The fraction of sp³-hybridized carbons (Fsp3) is 0.471. The van der Waals surface area contributed by atoms with Crippen molar-refractivity contribution >= 4 is 17.8 Å². The van der Waals surface area contributed by atoms with E-state index < -0.39 is 29.4 Å². The van der Waals surface area contributed by atoms with E-state index in [-0.39, 0.29) is 11.8 Å². The van der Waals surface area contributed by atoms with E-state index in [9.17, 15) is 14.4 Å². The Morgan fingerprint density at radius 3 is 2.33 bits per heavy atom. The Morgan fingerprint density at radius 2 is 1.79 bits per heavy atom. The Hall–Kier alpha value is -2.41. The molecule has 0 aromatic heterocycles. The van der Waals surface area contributed by atoms with Gasteiger partial charge in [0.15, 0.2) is 0 Å². The van der Waals surface area contributed by atoms with Crippen molar-refractivity contribution in [3.8, 4) is 5.75 Å². The van der Waals surface area contributed by atoms with Gasteiger partial charge in [-0.3, -0.25) is 24.6 Å². The first-order chi connectivity index (χ1) is 11.3. The Morgan fingerprint density at radius 1 is 1.17 bits per heavy atom. The second-order valence-electron chi connectivity index (χ2n) is 6.33. The van der Waals surface area contributed by atoms with Crippen LogP contribution in [0.5, 0.6) is 5.75 Å². The Labute approximate surface area is 139 Å². The van der Waals surface area contributed by atoms with Gasteiger partial charge in [0.1, 0.15) is 11.3 Å². The number of amides is 2. The zero-order valence-electron chi connectivity index (χ0n) is 14.0. The van der Waals surface area contributed by atoms with Gasteiger partial charge in [-0.2, -0.15) is 0 Å². The molecule has 3 rings (SSSR count). The molecule has 7 nitrogen and oxygen atoms in total. The van der Waals surface area contributed by atoms with Crippen LogP contribution < -0.4 is 10.1 Å². The van der Waals surface area contributed by atoms with E-state index in [1.807, 2.05) is 12.1 Å². The lowest BCUT2D eigenvalue weighted by Crippen LogP contribution is -2.53. The summed E-state index contributed by atoms with van der Waals surface area (Å²) >= 11 is 0. The summed E-state index contributed by atoms with van der Waals surface area (Å²) in [4.78, 5) is 38.6. The molecule has 1 aromatic carbocycles. The van der Waals surface area contributed by atoms with Crippen LogP contribution in [-0.2, 0) is 19.1 Å². The highest BCUT2D eigenvalue weighted by molar-refractivity contribution is 6.09. The second kappa shape index (κ2) is 5.59. The molecule has 0 spiro atoms. The van der Waals surface area contributed by atoms with Crippen LogP contribution in [0.25, 0.3) is 0 Å². The van der Waals surface area contributed by atoms with Crippen LogP contribution in [0.4, 0.5) is 0 Å². The van der Waals surface area contributed by atoms with Crippen LogP contribution in [0.15, 0.2) is 24.3 Å². The first-order valence-corrected chi connectivity index (χ1v) is 7.66. The monoisotopic (exact) mass is 332 g/mol. The third-order valence-corrected chi connectivity index (χ3v) is 5.09. The summed E-state index contributed by atoms with van der Waals surface area (Å²) in [6.45, 7) is 1.62. The number of fused-ring (bicyclic) bond motifs is 1. The number of imide groups is 1. The first kappa shape index (κ1) is 16.4. The van der Waals surface area contributed by atoms with Crippen molar-refractivity contribution in [2.45, 2.75) is 18.5 Å². The van der Waals surface area contributed by atoms with Crippen LogP contribution in [0.2, 0.25) is 0 Å². The fourth-order valence-electron chi connectivity index (χ4n) is 3.78. The molecule has 2 fully saturated rings. The van der Waals surface area contributed by atoms with Crippen molar-refractivity contribution in [1.82, 2.24) is 10.2 Å². The van der Waals surface area contributed by atoms with Gasteiger partial charge in [-0.25, -0.2) is 0 Å². The van der Waals surface area contributed by atoms with Gasteiger partial charge >= 0.3 is 5.97 Å².